The van der Waals surface area contributed by atoms with Gasteiger partial charge < -0.3 is 20.3 Å². The highest BCUT2D eigenvalue weighted by molar-refractivity contribution is 5.82. The molecule has 0 saturated carbocycles. The summed E-state index contributed by atoms with van der Waals surface area (Å²) in [7, 11) is 2.01. The molecule has 1 saturated heterocycles. The van der Waals surface area contributed by atoms with Gasteiger partial charge in [0.2, 0.25) is 0 Å². The third-order valence-electron chi connectivity index (χ3n) is 4.02. The fourth-order valence-electron chi connectivity index (χ4n) is 2.72. The first-order valence-electron chi connectivity index (χ1n) is 9.11. The number of nitrogens with zero attached hydrogens (tertiary/aromatic N) is 1. The van der Waals surface area contributed by atoms with Crippen LogP contribution in [0.15, 0.2) is 55.6 Å². The van der Waals surface area contributed by atoms with E-state index >= 15 is 0 Å². The standard InChI is InChI=1S/C11H10.C8H19N3.C2H4.CH2O/c1-9-6-7-10-4-2-3-5-11(10)8-9;1-9-3-2-6-11-7-4-10-5-8-11;2*1-2/h2-8H,1H3;9-10H,2-8H2,1H3;1-2H2;1H2. The van der Waals surface area contributed by atoms with Crippen molar-refractivity contribution in [2.45, 2.75) is 13.3 Å². The number of aryl methyl sites for hydroxylation is 1. The summed E-state index contributed by atoms with van der Waals surface area (Å²) in [6, 6.07) is 14.9. The summed E-state index contributed by atoms with van der Waals surface area (Å²) in [5.41, 5.74) is 1.32. The molecule has 1 fully saturated rings. The molecule has 1 aliphatic rings. The Morgan fingerprint density at radius 1 is 1.04 bits per heavy atom. The highest BCUT2D eigenvalue weighted by Crippen LogP contribution is 2.14. The van der Waals surface area contributed by atoms with E-state index in [9.17, 15) is 0 Å². The van der Waals surface area contributed by atoms with Crippen molar-refractivity contribution < 1.29 is 4.79 Å². The number of hydrogen-bond acceptors (Lipinski definition) is 4. The third-order valence-corrected chi connectivity index (χ3v) is 4.02. The Kier molecular flexibility index (Phi) is 15.2. The Labute approximate surface area is 159 Å². The fraction of sp³-hybridized carbons (Fsp3) is 0.409. The van der Waals surface area contributed by atoms with E-state index in [1.807, 2.05) is 13.8 Å². The van der Waals surface area contributed by atoms with Crippen LogP contribution in [0.2, 0.25) is 0 Å². The smallest absolute Gasteiger partial charge is 0.106 e. The van der Waals surface area contributed by atoms with Crippen LogP contribution >= 0.6 is 0 Å². The Balaban J connectivity index is 0.000000404. The summed E-state index contributed by atoms with van der Waals surface area (Å²) in [4.78, 5) is 10.5. The normalized spacial score (nSPS) is 13.3. The predicted molar refractivity (Wildman–Crippen MR) is 115 cm³/mol. The van der Waals surface area contributed by atoms with E-state index in [0.29, 0.717) is 0 Å². The zero-order valence-corrected chi connectivity index (χ0v) is 16.5. The van der Waals surface area contributed by atoms with Crippen LogP contribution in [0.5, 0.6) is 0 Å². The summed E-state index contributed by atoms with van der Waals surface area (Å²) in [6.07, 6.45) is 1.27. The van der Waals surface area contributed by atoms with Gasteiger partial charge in [0.1, 0.15) is 6.79 Å². The molecule has 0 atom stereocenters. The summed E-state index contributed by atoms with van der Waals surface area (Å²) in [5, 5.41) is 9.16. The average molecular weight is 358 g/mol. The Morgan fingerprint density at radius 2 is 1.65 bits per heavy atom. The Morgan fingerprint density at radius 3 is 2.27 bits per heavy atom. The van der Waals surface area contributed by atoms with E-state index < -0.39 is 0 Å². The molecule has 0 aromatic heterocycles. The van der Waals surface area contributed by atoms with Crippen molar-refractivity contribution in [1.29, 1.82) is 0 Å². The van der Waals surface area contributed by atoms with Crippen molar-refractivity contribution in [3.63, 3.8) is 0 Å². The van der Waals surface area contributed by atoms with Gasteiger partial charge in [-0.2, -0.15) is 0 Å². The van der Waals surface area contributed by atoms with Crippen LogP contribution in [0.25, 0.3) is 10.8 Å². The molecule has 0 amide bonds. The molecule has 0 aliphatic carbocycles. The second-order valence-corrected chi connectivity index (χ2v) is 5.90. The topological polar surface area (TPSA) is 44.4 Å². The molecule has 2 aromatic rings. The Hall–Kier alpha value is -2.01. The van der Waals surface area contributed by atoms with E-state index in [0.717, 1.165) is 6.54 Å². The van der Waals surface area contributed by atoms with E-state index in [4.69, 9.17) is 4.79 Å². The molecular formula is C22H35N3O. The van der Waals surface area contributed by atoms with Gasteiger partial charge in [0, 0.05) is 26.2 Å². The van der Waals surface area contributed by atoms with Gasteiger partial charge >= 0.3 is 0 Å². The van der Waals surface area contributed by atoms with Gasteiger partial charge in [-0.1, -0.05) is 48.0 Å². The molecule has 0 unspecified atom stereocenters. The summed E-state index contributed by atoms with van der Waals surface area (Å²) >= 11 is 0. The van der Waals surface area contributed by atoms with Crippen LogP contribution in [-0.2, 0) is 4.79 Å². The number of piperazine rings is 1. The molecule has 2 N–H and O–H groups in total. The lowest BCUT2D eigenvalue weighted by molar-refractivity contribution is -0.0979. The van der Waals surface area contributed by atoms with Crippen molar-refractivity contribution in [3.05, 3.63) is 61.2 Å². The summed E-state index contributed by atoms with van der Waals surface area (Å²) in [6.45, 7) is 17.3. The first-order chi connectivity index (χ1) is 12.8. The van der Waals surface area contributed by atoms with Crippen molar-refractivity contribution in [2.24, 2.45) is 0 Å². The van der Waals surface area contributed by atoms with Crippen molar-refractivity contribution in [1.82, 2.24) is 15.5 Å². The number of rotatable bonds is 4. The molecular weight excluding hydrogens is 322 g/mol. The van der Waals surface area contributed by atoms with Gasteiger partial charge in [-0.05, 0) is 44.3 Å². The minimum absolute atomic E-state index is 1.14. The number of carbonyl (C=O) groups is 1. The maximum Gasteiger partial charge on any atom is 0.106 e. The monoisotopic (exact) mass is 357 g/mol. The minimum Gasteiger partial charge on any atom is -0.320 e. The Bertz CT molecular complexity index is 580. The van der Waals surface area contributed by atoms with Gasteiger partial charge in [-0.15, -0.1) is 13.2 Å². The fourth-order valence-corrected chi connectivity index (χ4v) is 2.72. The van der Waals surface area contributed by atoms with Gasteiger partial charge in [-0.25, -0.2) is 0 Å². The number of carbonyl (C=O) groups excluding carboxylic acids is 1. The van der Waals surface area contributed by atoms with Crippen LogP contribution < -0.4 is 10.6 Å². The molecule has 144 valence electrons. The largest absolute Gasteiger partial charge is 0.320 e. The highest BCUT2D eigenvalue weighted by atomic mass is 16.1. The molecule has 0 spiro atoms. The van der Waals surface area contributed by atoms with E-state index in [-0.39, 0.29) is 0 Å². The molecule has 0 radical (unpaired) electrons. The van der Waals surface area contributed by atoms with Crippen molar-refractivity contribution in [2.75, 3.05) is 46.3 Å². The lowest BCUT2D eigenvalue weighted by Crippen LogP contribution is -2.44. The summed E-state index contributed by atoms with van der Waals surface area (Å²) in [5.74, 6) is 0. The van der Waals surface area contributed by atoms with Crippen LogP contribution in [0, 0.1) is 6.92 Å². The molecule has 4 nitrogen and oxygen atoms in total. The van der Waals surface area contributed by atoms with Gasteiger partial charge in [0.15, 0.2) is 0 Å². The lowest BCUT2D eigenvalue weighted by Gasteiger charge is -2.26. The lowest BCUT2D eigenvalue weighted by atomic mass is 10.1. The second kappa shape index (κ2) is 16.5. The van der Waals surface area contributed by atoms with Crippen LogP contribution in [0.3, 0.4) is 0 Å². The second-order valence-electron chi connectivity index (χ2n) is 5.90. The number of hydrogen-bond donors (Lipinski definition) is 2. The van der Waals surface area contributed by atoms with E-state index in [2.05, 4.69) is 78.1 Å². The van der Waals surface area contributed by atoms with Crippen molar-refractivity contribution >= 4 is 17.6 Å². The maximum atomic E-state index is 8.00. The van der Waals surface area contributed by atoms with Crippen LogP contribution in [0.4, 0.5) is 0 Å². The molecule has 26 heavy (non-hydrogen) atoms. The first-order valence-corrected chi connectivity index (χ1v) is 9.11. The first kappa shape index (κ1) is 24.0. The molecule has 4 heteroatoms. The maximum absolute atomic E-state index is 8.00. The predicted octanol–water partition coefficient (Wildman–Crippen LogP) is 3.27. The highest BCUT2D eigenvalue weighted by Gasteiger charge is 2.07. The van der Waals surface area contributed by atoms with Gasteiger partial charge in [-0.3, -0.25) is 0 Å². The zero-order valence-electron chi connectivity index (χ0n) is 16.5. The molecule has 2 aromatic carbocycles. The average Bonchev–Trinajstić information content (AvgIpc) is 2.72. The molecule has 1 aliphatic heterocycles. The van der Waals surface area contributed by atoms with E-state index in [1.54, 1.807) is 0 Å². The number of nitrogens with one attached hydrogen (secondary N) is 2. The van der Waals surface area contributed by atoms with E-state index in [1.165, 1.54) is 55.5 Å². The van der Waals surface area contributed by atoms with Gasteiger partial charge in [0.25, 0.3) is 0 Å². The molecule has 0 bridgehead atoms. The minimum atomic E-state index is 1.14. The van der Waals surface area contributed by atoms with Gasteiger partial charge in [0.05, 0.1) is 0 Å². The number of fused-ring (bicyclic) bond motifs is 1. The number of benzene rings is 2. The quantitative estimate of drug-likeness (QED) is 0.651. The van der Waals surface area contributed by atoms with Crippen LogP contribution in [-0.4, -0.2) is 58.0 Å². The third kappa shape index (κ3) is 10.1. The van der Waals surface area contributed by atoms with Crippen molar-refractivity contribution in [3.8, 4) is 0 Å². The molecule has 3 rings (SSSR count). The molecule has 1 heterocycles. The zero-order chi connectivity index (χ0) is 19.6. The SMILES string of the molecule is C=C.C=O.CNCCCN1CCNCC1.Cc1ccc2ccccc2c1. The van der Waals surface area contributed by atoms with Crippen LogP contribution in [0.1, 0.15) is 12.0 Å². The summed E-state index contributed by atoms with van der Waals surface area (Å²) < 4.78 is 0.